The molecule has 1 aromatic heterocycles. The van der Waals surface area contributed by atoms with Crippen molar-refractivity contribution in [3.05, 3.63) is 52.9 Å². The van der Waals surface area contributed by atoms with Crippen LogP contribution in [0.4, 0.5) is 18.6 Å². The number of urea groups is 1. The standard InChI is InChI=1S/C21H25F2N3OS/c22-16-7-6-15(18(23)13-16)12-17-4-1-10-26(17)14-21(8-3-9-21)25-20(27)24-19-5-2-11-28-19/h2,5-7,11,13,17H,1,3-4,8-10,12,14H2,(H2,24,25,27). The lowest BCUT2D eigenvalue weighted by molar-refractivity contribution is 0.109. The summed E-state index contributed by atoms with van der Waals surface area (Å²) in [5, 5.41) is 8.85. The monoisotopic (exact) mass is 405 g/mol. The number of likely N-dealkylation sites (tertiary alicyclic amines) is 1. The SMILES string of the molecule is O=C(Nc1cccs1)NC1(CN2CCCC2Cc2ccc(F)cc2F)CCC1. The maximum atomic E-state index is 14.1. The van der Waals surface area contributed by atoms with Gasteiger partial charge in [-0.15, -0.1) is 11.3 Å². The first kappa shape index (κ1) is 19.3. The van der Waals surface area contributed by atoms with Gasteiger partial charge in [-0.25, -0.2) is 13.6 Å². The molecule has 2 aromatic rings. The van der Waals surface area contributed by atoms with Gasteiger partial charge in [0.1, 0.15) is 11.6 Å². The van der Waals surface area contributed by atoms with Crippen molar-refractivity contribution in [1.82, 2.24) is 10.2 Å². The second kappa shape index (κ2) is 8.17. The van der Waals surface area contributed by atoms with Crippen LogP contribution in [0.15, 0.2) is 35.7 Å². The number of amides is 2. The topological polar surface area (TPSA) is 44.4 Å². The Morgan fingerprint density at radius 2 is 2.11 bits per heavy atom. The molecular formula is C21H25F2N3OS. The summed E-state index contributed by atoms with van der Waals surface area (Å²) in [6, 6.07) is 7.67. The van der Waals surface area contributed by atoms with E-state index in [1.54, 1.807) is 6.07 Å². The Hall–Kier alpha value is -1.99. The number of rotatable bonds is 6. The van der Waals surface area contributed by atoms with Crippen molar-refractivity contribution < 1.29 is 13.6 Å². The molecule has 2 N–H and O–H groups in total. The van der Waals surface area contributed by atoms with Crippen molar-refractivity contribution in [2.24, 2.45) is 0 Å². The minimum Gasteiger partial charge on any atom is -0.331 e. The van der Waals surface area contributed by atoms with Crippen molar-refractivity contribution in [3.63, 3.8) is 0 Å². The predicted molar refractivity (Wildman–Crippen MR) is 108 cm³/mol. The molecule has 2 heterocycles. The number of nitrogens with one attached hydrogen (secondary N) is 2. The third kappa shape index (κ3) is 4.36. The second-order valence-corrected chi connectivity index (χ2v) is 8.84. The molecule has 7 heteroatoms. The van der Waals surface area contributed by atoms with Crippen LogP contribution >= 0.6 is 11.3 Å². The van der Waals surface area contributed by atoms with Gasteiger partial charge < -0.3 is 5.32 Å². The molecule has 4 rings (SSSR count). The lowest BCUT2D eigenvalue weighted by Gasteiger charge is -2.46. The number of carbonyl (C=O) groups is 1. The van der Waals surface area contributed by atoms with Crippen LogP contribution < -0.4 is 10.6 Å². The molecule has 0 bridgehead atoms. The van der Waals surface area contributed by atoms with Gasteiger partial charge in [-0.05, 0) is 74.2 Å². The summed E-state index contributed by atoms with van der Waals surface area (Å²) >= 11 is 1.50. The van der Waals surface area contributed by atoms with E-state index in [9.17, 15) is 13.6 Å². The number of nitrogens with zero attached hydrogens (tertiary/aromatic N) is 1. The fourth-order valence-electron chi connectivity index (χ4n) is 4.32. The molecule has 1 saturated heterocycles. The van der Waals surface area contributed by atoms with E-state index in [4.69, 9.17) is 0 Å². The van der Waals surface area contributed by atoms with Crippen LogP contribution in [0.5, 0.6) is 0 Å². The van der Waals surface area contributed by atoms with Gasteiger partial charge in [0, 0.05) is 18.7 Å². The third-order valence-corrected chi connectivity index (χ3v) is 6.71. The van der Waals surface area contributed by atoms with E-state index in [0.29, 0.717) is 12.0 Å². The van der Waals surface area contributed by atoms with E-state index in [2.05, 4.69) is 15.5 Å². The molecule has 28 heavy (non-hydrogen) atoms. The zero-order valence-electron chi connectivity index (χ0n) is 15.7. The van der Waals surface area contributed by atoms with E-state index in [1.165, 1.54) is 17.4 Å². The Balaban J connectivity index is 1.38. The predicted octanol–water partition coefficient (Wildman–Crippen LogP) is 4.78. The third-order valence-electron chi connectivity index (χ3n) is 5.92. The van der Waals surface area contributed by atoms with E-state index in [1.807, 2.05) is 17.5 Å². The Kier molecular flexibility index (Phi) is 5.64. The van der Waals surface area contributed by atoms with E-state index >= 15 is 0 Å². The molecule has 4 nitrogen and oxygen atoms in total. The van der Waals surface area contributed by atoms with Gasteiger partial charge in [0.2, 0.25) is 0 Å². The highest BCUT2D eigenvalue weighted by Crippen LogP contribution is 2.35. The second-order valence-electron chi connectivity index (χ2n) is 7.90. The van der Waals surface area contributed by atoms with Crippen LogP contribution in [0.25, 0.3) is 0 Å². The van der Waals surface area contributed by atoms with Crippen molar-refractivity contribution in [2.45, 2.75) is 50.1 Å². The molecule has 0 spiro atoms. The van der Waals surface area contributed by atoms with E-state index in [0.717, 1.165) is 56.3 Å². The molecule has 2 aliphatic rings. The van der Waals surface area contributed by atoms with Gasteiger partial charge in [0.15, 0.2) is 0 Å². The quantitative estimate of drug-likeness (QED) is 0.727. The van der Waals surface area contributed by atoms with Crippen molar-refractivity contribution in [2.75, 3.05) is 18.4 Å². The molecule has 2 amide bonds. The molecule has 1 saturated carbocycles. The first-order valence-electron chi connectivity index (χ1n) is 9.84. The minimum atomic E-state index is -0.543. The Bertz CT molecular complexity index is 823. The van der Waals surface area contributed by atoms with Crippen molar-refractivity contribution >= 4 is 22.4 Å². The zero-order valence-corrected chi connectivity index (χ0v) is 16.5. The Morgan fingerprint density at radius 1 is 1.25 bits per heavy atom. The fourth-order valence-corrected chi connectivity index (χ4v) is 4.94. The lowest BCUT2D eigenvalue weighted by Crippen LogP contribution is -2.61. The molecule has 150 valence electrons. The van der Waals surface area contributed by atoms with Crippen LogP contribution in [-0.4, -0.2) is 35.6 Å². The summed E-state index contributed by atoms with van der Waals surface area (Å²) in [7, 11) is 0. The smallest absolute Gasteiger partial charge is 0.320 e. The fraction of sp³-hybridized carbons (Fsp3) is 0.476. The van der Waals surface area contributed by atoms with Gasteiger partial charge in [0.25, 0.3) is 0 Å². The summed E-state index contributed by atoms with van der Waals surface area (Å²) < 4.78 is 27.3. The number of thiophene rings is 1. The van der Waals surface area contributed by atoms with Gasteiger partial charge in [-0.2, -0.15) is 0 Å². The number of benzene rings is 1. The lowest BCUT2D eigenvalue weighted by atomic mass is 9.76. The van der Waals surface area contributed by atoms with Crippen molar-refractivity contribution in [3.8, 4) is 0 Å². The molecule has 1 unspecified atom stereocenters. The molecule has 0 radical (unpaired) electrons. The largest absolute Gasteiger partial charge is 0.331 e. The summed E-state index contributed by atoms with van der Waals surface area (Å²) in [6.07, 6.45) is 5.64. The number of hydrogen-bond donors (Lipinski definition) is 2. The summed E-state index contributed by atoms with van der Waals surface area (Å²) in [4.78, 5) is 14.8. The molecule has 2 fully saturated rings. The van der Waals surface area contributed by atoms with E-state index < -0.39 is 11.6 Å². The van der Waals surface area contributed by atoms with Gasteiger partial charge in [0.05, 0.1) is 10.5 Å². The van der Waals surface area contributed by atoms with Crippen molar-refractivity contribution in [1.29, 1.82) is 0 Å². The van der Waals surface area contributed by atoms with Crippen LogP contribution in [0.3, 0.4) is 0 Å². The first-order valence-corrected chi connectivity index (χ1v) is 10.7. The summed E-state index contributed by atoms with van der Waals surface area (Å²) in [5.41, 5.74) is 0.343. The number of hydrogen-bond acceptors (Lipinski definition) is 3. The summed E-state index contributed by atoms with van der Waals surface area (Å²) in [5.74, 6) is -1.02. The van der Waals surface area contributed by atoms with Crippen LogP contribution in [0.1, 0.15) is 37.7 Å². The summed E-state index contributed by atoms with van der Waals surface area (Å²) in [6.45, 7) is 1.72. The minimum absolute atomic E-state index is 0.164. The van der Waals surface area contributed by atoms with Gasteiger partial charge in [-0.3, -0.25) is 10.2 Å². The van der Waals surface area contributed by atoms with Gasteiger partial charge >= 0.3 is 6.03 Å². The first-order chi connectivity index (χ1) is 13.5. The number of anilines is 1. The number of halogens is 2. The highest BCUT2D eigenvalue weighted by Gasteiger charge is 2.42. The van der Waals surface area contributed by atoms with Crippen LogP contribution in [0, 0.1) is 11.6 Å². The van der Waals surface area contributed by atoms with Crippen LogP contribution in [0.2, 0.25) is 0 Å². The average molecular weight is 406 g/mol. The molecule has 1 aliphatic heterocycles. The molecule has 1 atom stereocenters. The van der Waals surface area contributed by atoms with Gasteiger partial charge in [-0.1, -0.05) is 6.07 Å². The zero-order chi connectivity index (χ0) is 19.6. The molecule has 1 aliphatic carbocycles. The Morgan fingerprint density at radius 3 is 2.79 bits per heavy atom. The highest BCUT2D eigenvalue weighted by molar-refractivity contribution is 7.14. The Labute approximate surface area is 167 Å². The van der Waals surface area contributed by atoms with Crippen LogP contribution in [-0.2, 0) is 6.42 Å². The molecular weight excluding hydrogens is 380 g/mol. The average Bonchev–Trinajstić information content (AvgIpc) is 3.27. The normalized spacial score (nSPS) is 21.3. The maximum absolute atomic E-state index is 14.1. The molecule has 1 aromatic carbocycles. The highest BCUT2D eigenvalue weighted by atomic mass is 32.1. The number of carbonyl (C=O) groups excluding carboxylic acids is 1. The van der Waals surface area contributed by atoms with E-state index in [-0.39, 0.29) is 17.6 Å². The maximum Gasteiger partial charge on any atom is 0.320 e.